The lowest BCUT2D eigenvalue weighted by Crippen LogP contribution is -2.33. The van der Waals surface area contributed by atoms with E-state index in [-0.39, 0.29) is 10.9 Å². The Bertz CT molecular complexity index is 1560. The van der Waals surface area contributed by atoms with Crippen LogP contribution in [0.15, 0.2) is 59.0 Å². The predicted molar refractivity (Wildman–Crippen MR) is 137 cm³/mol. The number of nitrogens with zero attached hydrogens (tertiary/aromatic N) is 4. The molecule has 5 aromatic rings. The van der Waals surface area contributed by atoms with Gasteiger partial charge in [-0.15, -0.1) is 10.2 Å². The van der Waals surface area contributed by atoms with E-state index in [1.165, 1.54) is 11.3 Å². The fraction of sp³-hybridized carbons (Fsp3) is 0.0455. The Morgan fingerprint density at radius 1 is 1.12 bits per heavy atom. The van der Waals surface area contributed by atoms with E-state index in [2.05, 4.69) is 25.9 Å². The van der Waals surface area contributed by atoms with Crippen molar-refractivity contribution in [3.63, 3.8) is 0 Å². The maximum Gasteiger partial charge on any atom is 0.293 e. The number of hydrogen-bond acceptors (Lipinski definition) is 7. The molecular formula is C22H14Cl2N6O2S2. The Morgan fingerprint density at radius 3 is 2.79 bits per heavy atom. The minimum atomic E-state index is -0.498. The maximum absolute atomic E-state index is 12.6. The summed E-state index contributed by atoms with van der Waals surface area (Å²) in [4.78, 5) is 13.3. The second kappa shape index (κ2) is 9.15. The molecule has 12 heteroatoms. The van der Waals surface area contributed by atoms with Crippen molar-refractivity contribution >= 4 is 68.4 Å². The largest absolute Gasteiger partial charge is 0.451 e. The van der Waals surface area contributed by atoms with Crippen LogP contribution in [0.2, 0.25) is 10.0 Å². The number of furan rings is 1. The number of carbonyl (C=O) groups is 1. The number of aromatic nitrogens is 4. The smallest absolute Gasteiger partial charge is 0.293 e. The zero-order valence-electron chi connectivity index (χ0n) is 17.4. The molecule has 0 atom stereocenters. The Morgan fingerprint density at radius 2 is 1.97 bits per heavy atom. The summed E-state index contributed by atoms with van der Waals surface area (Å²) >= 11 is 19.0. The van der Waals surface area contributed by atoms with E-state index in [0.717, 1.165) is 16.4 Å². The molecule has 5 rings (SSSR count). The monoisotopic (exact) mass is 528 g/mol. The molecule has 0 saturated heterocycles. The lowest BCUT2D eigenvalue weighted by molar-refractivity contribution is 0.0951. The number of benzene rings is 2. The summed E-state index contributed by atoms with van der Waals surface area (Å²) in [6.45, 7) is 1.84. The molecule has 2 N–H and O–H groups in total. The van der Waals surface area contributed by atoms with Gasteiger partial charge in [-0.2, -0.15) is 9.61 Å². The summed E-state index contributed by atoms with van der Waals surface area (Å²) in [6, 6.07) is 15.7. The summed E-state index contributed by atoms with van der Waals surface area (Å²) in [6.07, 6.45) is 0. The van der Waals surface area contributed by atoms with E-state index in [4.69, 9.17) is 39.8 Å². The van der Waals surface area contributed by atoms with Crippen molar-refractivity contribution in [1.82, 2.24) is 25.1 Å². The number of halogens is 2. The van der Waals surface area contributed by atoms with Crippen molar-refractivity contribution in [2.45, 2.75) is 6.92 Å². The molecule has 0 unspecified atom stereocenters. The molecule has 34 heavy (non-hydrogen) atoms. The van der Waals surface area contributed by atoms with Crippen molar-refractivity contribution in [2.24, 2.45) is 0 Å². The molecule has 0 radical (unpaired) electrons. The van der Waals surface area contributed by atoms with Crippen LogP contribution in [-0.2, 0) is 0 Å². The van der Waals surface area contributed by atoms with Gasteiger partial charge in [-0.25, -0.2) is 0 Å². The number of nitrogens with one attached hydrogen (secondary N) is 2. The number of amides is 1. The van der Waals surface area contributed by atoms with Gasteiger partial charge in [0.1, 0.15) is 10.8 Å². The minimum absolute atomic E-state index is 0.0825. The van der Waals surface area contributed by atoms with Gasteiger partial charge in [0.2, 0.25) is 4.96 Å². The van der Waals surface area contributed by atoms with E-state index in [9.17, 15) is 4.79 Å². The predicted octanol–water partition coefficient (Wildman–Crippen LogP) is 5.85. The Labute approximate surface area is 212 Å². The molecule has 0 bridgehead atoms. The van der Waals surface area contributed by atoms with Crippen molar-refractivity contribution in [2.75, 3.05) is 5.32 Å². The molecule has 0 aliphatic heterocycles. The van der Waals surface area contributed by atoms with Gasteiger partial charge in [0, 0.05) is 21.8 Å². The van der Waals surface area contributed by atoms with Crippen LogP contribution in [0.3, 0.4) is 0 Å². The number of carbonyl (C=O) groups excluding carboxylic acids is 1. The molecule has 3 aromatic heterocycles. The summed E-state index contributed by atoms with van der Waals surface area (Å²) in [5, 5.41) is 20.1. The second-order valence-corrected chi connectivity index (χ2v) is 9.33. The molecule has 170 valence electrons. The number of anilines is 1. The summed E-state index contributed by atoms with van der Waals surface area (Å²) in [5.41, 5.74) is 2.16. The molecule has 0 fully saturated rings. The topological polar surface area (TPSA) is 97.3 Å². The highest BCUT2D eigenvalue weighted by Crippen LogP contribution is 2.32. The third kappa shape index (κ3) is 4.53. The molecular weight excluding hydrogens is 515 g/mol. The van der Waals surface area contributed by atoms with Crippen molar-refractivity contribution < 1.29 is 9.21 Å². The highest BCUT2D eigenvalue weighted by molar-refractivity contribution is 7.80. The molecule has 8 nitrogen and oxygen atoms in total. The van der Waals surface area contributed by atoms with Gasteiger partial charge in [0.15, 0.2) is 16.7 Å². The summed E-state index contributed by atoms with van der Waals surface area (Å²) < 4.78 is 7.36. The van der Waals surface area contributed by atoms with Gasteiger partial charge in [0.05, 0.1) is 5.02 Å². The molecule has 0 aliphatic rings. The van der Waals surface area contributed by atoms with E-state index in [0.29, 0.717) is 32.0 Å². The van der Waals surface area contributed by atoms with Gasteiger partial charge in [0.25, 0.3) is 5.91 Å². The second-order valence-electron chi connectivity index (χ2n) is 7.13. The average molecular weight is 529 g/mol. The van der Waals surface area contributed by atoms with Crippen LogP contribution in [0, 0.1) is 6.92 Å². The summed E-state index contributed by atoms with van der Waals surface area (Å²) in [7, 11) is 0. The summed E-state index contributed by atoms with van der Waals surface area (Å²) in [5.74, 6) is 0.722. The van der Waals surface area contributed by atoms with Crippen LogP contribution >= 0.6 is 46.8 Å². The van der Waals surface area contributed by atoms with Crippen LogP contribution in [0.4, 0.5) is 5.69 Å². The van der Waals surface area contributed by atoms with Crippen LogP contribution in [0.5, 0.6) is 0 Å². The van der Waals surface area contributed by atoms with Crippen molar-refractivity contribution in [3.8, 4) is 21.9 Å². The normalized spacial score (nSPS) is 11.0. The van der Waals surface area contributed by atoms with Gasteiger partial charge in [-0.3, -0.25) is 10.1 Å². The first-order valence-electron chi connectivity index (χ1n) is 9.84. The van der Waals surface area contributed by atoms with Gasteiger partial charge >= 0.3 is 0 Å². The molecule has 0 spiro atoms. The molecule has 0 aliphatic carbocycles. The first kappa shape index (κ1) is 22.5. The van der Waals surface area contributed by atoms with E-state index in [1.807, 2.05) is 31.2 Å². The van der Waals surface area contributed by atoms with Gasteiger partial charge < -0.3 is 9.73 Å². The van der Waals surface area contributed by atoms with Crippen LogP contribution < -0.4 is 10.6 Å². The highest BCUT2D eigenvalue weighted by atomic mass is 35.5. The van der Waals surface area contributed by atoms with Gasteiger partial charge in [-0.1, -0.05) is 46.7 Å². The number of hydrogen-bond donors (Lipinski definition) is 2. The third-order valence-corrected chi connectivity index (χ3v) is 6.48. The van der Waals surface area contributed by atoms with E-state index in [1.54, 1.807) is 34.8 Å². The zero-order chi connectivity index (χ0) is 23.8. The van der Waals surface area contributed by atoms with Crippen molar-refractivity contribution in [3.05, 3.63) is 76.2 Å². The first-order valence-corrected chi connectivity index (χ1v) is 11.8. The molecule has 2 aromatic carbocycles. The van der Waals surface area contributed by atoms with Crippen LogP contribution in [-0.4, -0.2) is 30.8 Å². The third-order valence-electron chi connectivity index (χ3n) is 4.76. The zero-order valence-corrected chi connectivity index (χ0v) is 20.5. The lowest BCUT2D eigenvalue weighted by atomic mass is 10.2. The molecule has 1 amide bonds. The van der Waals surface area contributed by atoms with E-state index >= 15 is 0 Å². The number of aryl methyl sites for hydroxylation is 1. The fourth-order valence-corrected chi connectivity index (χ4v) is 4.65. The average Bonchev–Trinajstić information content (AvgIpc) is 3.53. The fourth-order valence-electron chi connectivity index (χ4n) is 3.18. The van der Waals surface area contributed by atoms with Crippen LogP contribution in [0.1, 0.15) is 16.4 Å². The quantitative estimate of drug-likeness (QED) is 0.282. The van der Waals surface area contributed by atoms with Gasteiger partial charge in [-0.05, 0) is 61.6 Å². The highest BCUT2D eigenvalue weighted by Gasteiger charge is 2.16. The number of rotatable bonds is 4. The lowest BCUT2D eigenvalue weighted by Gasteiger charge is -2.09. The number of fused-ring (bicyclic) bond motifs is 1. The Hall–Kier alpha value is -3.31. The van der Waals surface area contributed by atoms with Crippen molar-refractivity contribution in [1.29, 1.82) is 0 Å². The minimum Gasteiger partial charge on any atom is -0.451 e. The Balaban J connectivity index is 1.27. The first-order chi connectivity index (χ1) is 16.4. The van der Waals surface area contributed by atoms with E-state index < -0.39 is 5.91 Å². The SMILES string of the molecule is Cc1nnc2sc(-c3cccc(NC(=S)NC(=O)c4ccc(-c5cc(Cl)ccc5Cl)o4)c3)nn12. The van der Waals surface area contributed by atoms with Crippen LogP contribution in [0.25, 0.3) is 26.9 Å². The maximum atomic E-state index is 12.6. The Kier molecular flexibility index (Phi) is 6.05. The number of thiocarbonyl (C=S) groups is 1. The molecule has 3 heterocycles. The standard InChI is InChI=1S/C22H14Cl2N6O2S2/c1-11-27-28-22-30(11)29-20(34-22)12-3-2-4-14(9-12)25-21(33)26-19(31)18-8-7-17(32-18)15-10-13(23)5-6-16(15)24/h2-10H,1H3,(H2,25,26,31,33). The molecule has 0 saturated carbocycles.